The zero-order valence-corrected chi connectivity index (χ0v) is 9.71. The highest BCUT2D eigenvalue weighted by Gasteiger charge is 2.26. The fourth-order valence-corrected chi connectivity index (χ4v) is 1.37. The van der Waals surface area contributed by atoms with E-state index in [-0.39, 0.29) is 5.92 Å². The molecular formula is C10H17NO6. The van der Waals surface area contributed by atoms with Gasteiger partial charge in [-0.2, -0.15) is 0 Å². The quantitative estimate of drug-likeness (QED) is 0.466. The van der Waals surface area contributed by atoms with Gasteiger partial charge in [0.25, 0.3) is 0 Å². The van der Waals surface area contributed by atoms with Crippen molar-refractivity contribution < 1.29 is 29.7 Å². The third-order valence-corrected chi connectivity index (χ3v) is 2.08. The molecule has 17 heavy (non-hydrogen) atoms. The summed E-state index contributed by atoms with van der Waals surface area (Å²) in [6.07, 6.45) is -1.55. The van der Waals surface area contributed by atoms with Gasteiger partial charge in [-0.15, -0.1) is 0 Å². The Morgan fingerprint density at radius 3 is 2.06 bits per heavy atom. The summed E-state index contributed by atoms with van der Waals surface area (Å²) >= 11 is 0. The van der Waals surface area contributed by atoms with Crippen LogP contribution in [0.15, 0.2) is 0 Å². The first-order valence-corrected chi connectivity index (χ1v) is 5.17. The number of carbonyl (C=O) groups excluding carboxylic acids is 1. The van der Waals surface area contributed by atoms with Gasteiger partial charge in [0.2, 0.25) is 0 Å². The molecule has 0 aliphatic heterocycles. The number of carboxylic acids is 2. The third-order valence-electron chi connectivity index (χ3n) is 2.08. The lowest BCUT2D eigenvalue weighted by molar-refractivity contribution is -0.151. The summed E-state index contributed by atoms with van der Waals surface area (Å²) in [5, 5.41) is 28.6. The maximum absolute atomic E-state index is 11.0. The van der Waals surface area contributed by atoms with E-state index in [4.69, 9.17) is 10.2 Å². The molecule has 0 rings (SSSR count). The van der Waals surface area contributed by atoms with Crippen molar-refractivity contribution in [2.24, 2.45) is 5.92 Å². The van der Waals surface area contributed by atoms with Gasteiger partial charge in [0.05, 0.1) is 18.6 Å². The Kier molecular flexibility index (Phi) is 6.19. The summed E-state index contributed by atoms with van der Waals surface area (Å²) < 4.78 is 0. The molecule has 0 saturated heterocycles. The zero-order valence-electron chi connectivity index (χ0n) is 9.71. The van der Waals surface area contributed by atoms with Crippen LogP contribution in [-0.4, -0.2) is 45.3 Å². The van der Waals surface area contributed by atoms with Crippen LogP contribution >= 0.6 is 0 Å². The molecule has 0 heterocycles. The maximum Gasteiger partial charge on any atom is 0.394 e. The molecule has 7 heteroatoms. The molecule has 7 nitrogen and oxygen atoms in total. The Morgan fingerprint density at radius 1 is 1.18 bits per heavy atom. The Labute approximate surface area is 98.4 Å². The van der Waals surface area contributed by atoms with E-state index in [2.05, 4.69) is 5.32 Å². The molecule has 0 unspecified atom stereocenters. The summed E-state index contributed by atoms with van der Waals surface area (Å²) in [5.74, 6) is -4.05. The highest BCUT2D eigenvalue weighted by Crippen LogP contribution is 2.11. The van der Waals surface area contributed by atoms with Crippen molar-refractivity contribution >= 4 is 17.8 Å². The number of hydrogen-bond donors (Lipinski definition) is 4. The van der Waals surface area contributed by atoms with E-state index < -0.39 is 36.4 Å². The van der Waals surface area contributed by atoms with E-state index in [1.807, 2.05) is 13.8 Å². The molecule has 0 aromatic carbocycles. The number of nitrogens with one attached hydrogen (secondary N) is 1. The van der Waals surface area contributed by atoms with Crippen molar-refractivity contribution in [3.63, 3.8) is 0 Å². The summed E-state index contributed by atoms with van der Waals surface area (Å²) in [6.45, 7) is 3.63. The Hall–Kier alpha value is -1.63. The Bertz CT molecular complexity index is 301. The average molecular weight is 247 g/mol. The van der Waals surface area contributed by atoms with Crippen LogP contribution < -0.4 is 5.32 Å². The van der Waals surface area contributed by atoms with Gasteiger partial charge in [0.1, 0.15) is 0 Å². The first kappa shape index (κ1) is 15.4. The van der Waals surface area contributed by atoms with Gasteiger partial charge in [-0.05, 0) is 12.3 Å². The van der Waals surface area contributed by atoms with Crippen LogP contribution in [0.25, 0.3) is 0 Å². The number of rotatable bonds is 6. The second-order valence-corrected chi connectivity index (χ2v) is 4.18. The van der Waals surface area contributed by atoms with Gasteiger partial charge >= 0.3 is 17.8 Å². The van der Waals surface area contributed by atoms with Crippen LogP contribution in [0.4, 0.5) is 0 Å². The fraction of sp³-hybridized carbons (Fsp3) is 0.700. The van der Waals surface area contributed by atoms with Crippen molar-refractivity contribution in [3.8, 4) is 0 Å². The number of aliphatic carboxylic acids is 2. The zero-order chi connectivity index (χ0) is 13.6. The molecule has 0 aromatic rings. The number of hydrogen-bond acceptors (Lipinski definition) is 4. The van der Waals surface area contributed by atoms with Gasteiger partial charge < -0.3 is 20.6 Å². The highest BCUT2D eigenvalue weighted by atomic mass is 16.4. The van der Waals surface area contributed by atoms with Crippen LogP contribution in [0.3, 0.4) is 0 Å². The molecule has 0 fully saturated rings. The van der Waals surface area contributed by atoms with E-state index in [0.717, 1.165) is 0 Å². The van der Waals surface area contributed by atoms with Crippen LogP contribution in [0.5, 0.6) is 0 Å². The second-order valence-electron chi connectivity index (χ2n) is 4.18. The van der Waals surface area contributed by atoms with Crippen molar-refractivity contribution in [2.45, 2.75) is 38.8 Å². The topological polar surface area (TPSA) is 124 Å². The number of aliphatic hydroxyl groups excluding tert-OH is 1. The highest BCUT2D eigenvalue weighted by molar-refractivity contribution is 6.31. The second kappa shape index (κ2) is 6.85. The lowest BCUT2D eigenvalue weighted by Crippen LogP contribution is -2.47. The number of amides is 1. The minimum Gasteiger partial charge on any atom is -0.481 e. The van der Waals surface area contributed by atoms with Crippen molar-refractivity contribution in [1.29, 1.82) is 0 Å². The van der Waals surface area contributed by atoms with Gasteiger partial charge in [-0.1, -0.05) is 13.8 Å². The number of carboxylic acid groups (broad SMARTS) is 2. The van der Waals surface area contributed by atoms with Crippen LogP contribution in [0, 0.1) is 5.92 Å². The van der Waals surface area contributed by atoms with E-state index in [1.54, 1.807) is 0 Å². The standard InChI is InChI=1S/C10H17NO6/c1-5(2)3-6(7(12)4-8(13)14)11-9(15)10(16)17/h5-7,12H,3-4H2,1-2H3,(H,11,15)(H,13,14)(H,16,17)/t6-,7-/m0/s1. The Balaban J connectivity index is 4.57. The molecule has 0 spiro atoms. The molecule has 0 aliphatic carbocycles. The van der Waals surface area contributed by atoms with E-state index in [1.165, 1.54) is 0 Å². The van der Waals surface area contributed by atoms with Crippen LogP contribution in [0.1, 0.15) is 26.7 Å². The van der Waals surface area contributed by atoms with E-state index >= 15 is 0 Å². The SMILES string of the molecule is CC(C)C[C@H](NC(=O)C(=O)O)[C@@H](O)CC(=O)O. The molecule has 0 aromatic heterocycles. The molecule has 0 radical (unpaired) electrons. The predicted molar refractivity (Wildman–Crippen MR) is 57.3 cm³/mol. The molecular weight excluding hydrogens is 230 g/mol. The monoisotopic (exact) mass is 247 g/mol. The fourth-order valence-electron chi connectivity index (χ4n) is 1.37. The summed E-state index contributed by atoms with van der Waals surface area (Å²) in [6, 6.07) is -0.880. The number of aliphatic hydroxyl groups is 1. The predicted octanol–water partition coefficient (Wildman–Crippen LogP) is -0.562. The van der Waals surface area contributed by atoms with Gasteiger partial charge in [-0.3, -0.25) is 9.59 Å². The molecule has 0 saturated carbocycles. The van der Waals surface area contributed by atoms with E-state index in [0.29, 0.717) is 6.42 Å². The molecule has 2 atom stereocenters. The lowest BCUT2D eigenvalue weighted by Gasteiger charge is -2.23. The van der Waals surface area contributed by atoms with E-state index in [9.17, 15) is 19.5 Å². The average Bonchev–Trinajstić information content (AvgIpc) is 2.14. The third kappa shape index (κ3) is 6.52. The van der Waals surface area contributed by atoms with Gasteiger partial charge in [-0.25, -0.2) is 4.79 Å². The maximum atomic E-state index is 11.0. The van der Waals surface area contributed by atoms with Crippen molar-refractivity contribution in [2.75, 3.05) is 0 Å². The van der Waals surface area contributed by atoms with Crippen molar-refractivity contribution in [3.05, 3.63) is 0 Å². The van der Waals surface area contributed by atoms with Crippen LogP contribution in [-0.2, 0) is 14.4 Å². The first-order valence-electron chi connectivity index (χ1n) is 5.17. The van der Waals surface area contributed by atoms with Crippen LogP contribution in [0.2, 0.25) is 0 Å². The van der Waals surface area contributed by atoms with Gasteiger partial charge in [0, 0.05) is 0 Å². The first-order chi connectivity index (χ1) is 7.73. The number of carbonyl (C=O) groups is 3. The Morgan fingerprint density at radius 2 is 1.71 bits per heavy atom. The molecule has 4 N–H and O–H groups in total. The molecule has 0 bridgehead atoms. The molecule has 98 valence electrons. The van der Waals surface area contributed by atoms with Crippen molar-refractivity contribution in [1.82, 2.24) is 5.32 Å². The smallest absolute Gasteiger partial charge is 0.394 e. The minimum atomic E-state index is -1.67. The molecule has 1 amide bonds. The lowest BCUT2D eigenvalue weighted by atomic mass is 9.97. The minimum absolute atomic E-state index is 0.0811. The largest absolute Gasteiger partial charge is 0.481 e. The van der Waals surface area contributed by atoms with Gasteiger partial charge in [0.15, 0.2) is 0 Å². The summed E-state index contributed by atoms with van der Waals surface area (Å²) in [4.78, 5) is 31.7. The summed E-state index contributed by atoms with van der Waals surface area (Å²) in [5.41, 5.74) is 0. The summed E-state index contributed by atoms with van der Waals surface area (Å²) in [7, 11) is 0. The normalized spacial score (nSPS) is 14.1. The molecule has 0 aliphatic rings.